The van der Waals surface area contributed by atoms with Gasteiger partial charge in [-0.25, -0.2) is 13.4 Å². The van der Waals surface area contributed by atoms with Crippen molar-refractivity contribution < 1.29 is 13.3 Å². The Bertz CT molecular complexity index is 1220. The van der Waals surface area contributed by atoms with Crippen molar-refractivity contribution in [2.24, 2.45) is 0 Å². The number of nitrogens with zero attached hydrogens (tertiary/aromatic N) is 4. The SMILES string of the molecule is O=[N+]([O-])c1ccc(S(=O)(=O)N2CCN(c3nc(-c4ccc(Cl)c(Cl)c4)cs3)CC2)cc1. The van der Waals surface area contributed by atoms with Crippen molar-refractivity contribution in [2.75, 3.05) is 31.1 Å². The first-order valence-electron chi connectivity index (χ1n) is 9.16. The molecule has 4 rings (SSSR count). The molecular weight excluding hydrogens is 483 g/mol. The van der Waals surface area contributed by atoms with Crippen LogP contribution in [-0.2, 0) is 10.0 Å². The highest BCUT2D eigenvalue weighted by molar-refractivity contribution is 7.89. The zero-order valence-electron chi connectivity index (χ0n) is 15.9. The molecule has 0 amide bonds. The molecule has 2 heterocycles. The Balaban J connectivity index is 1.44. The van der Waals surface area contributed by atoms with Crippen LogP contribution in [-0.4, -0.2) is 48.8 Å². The second-order valence-corrected chi connectivity index (χ2v) is 10.4. The van der Waals surface area contributed by atoms with E-state index in [1.54, 1.807) is 12.1 Å². The average molecular weight is 499 g/mol. The van der Waals surface area contributed by atoms with Gasteiger partial charge in [0.05, 0.1) is 25.6 Å². The van der Waals surface area contributed by atoms with E-state index >= 15 is 0 Å². The largest absolute Gasteiger partial charge is 0.345 e. The van der Waals surface area contributed by atoms with Crippen LogP contribution in [0.15, 0.2) is 52.7 Å². The van der Waals surface area contributed by atoms with E-state index in [0.29, 0.717) is 36.2 Å². The molecule has 31 heavy (non-hydrogen) atoms. The molecule has 12 heteroatoms. The van der Waals surface area contributed by atoms with Crippen LogP contribution in [0.2, 0.25) is 10.0 Å². The van der Waals surface area contributed by atoms with Crippen molar-refractivity contribution in [3.05, 3.63) is 68.0 Å². The van der Waals surface area contributed by atoms with Crippen LogP contribution in [0.5, 0.6) is 0 Å². The summed E-state index contributed by atoms with van der Waals surface area (Å²) >= 11 is 13.5. The van der Waals surface area contributed by atoms with Crippen molar-refractivity contribution >= 4 is 55.4 Å². The summed E-state index contributed by atoms with van der Waals surface area (Å²) in [6, 6.07) is 10.3. The van der Waals surface area contributed by atoms with E-state index in [0.717, 1.165) is 16.4 Å². The highest BCUT2D eigenvalue weighted by Gasteiger charge is 2.29. The van der Waals surface area contributed by atoms with E-state index in [9.17, 15) is 18.5 Å². The van der Waals surface area contributed by atoms with Gasteiger partial charge in [0.25, 0.3) is 5.69 Å². The maximum absolute atomic E-state index is 12.9. The normalized spacial score (nSPS) is 15.2. The molecule has 0 saturated carbocycles. The lowest BCUT2D eigenvalue weighted by molar-refractivity contribution is -0.384. The third-order valence-electron chi connectivity index (χ3n) is 4.90. The highest BCUT2D eigenvalue weighted by atomic mass is 35.5. The molecule has 0 radical (unpaired) electrons. The fourth-order valence-electron chi connectivity index (χ4n) is 3.21. The minimum Gasteiger partial charge on any atom is -0.345 e. The average Bonchev–Trinajstić information content (AvgIpc) is 3.26. The molecule has 2 aromatic carbocycles. The Kier molecular flexibility index (Phi) is 6.18. The van der Waals surface area contributed by atoms with E-state index in [1.165, 1.54) is 39.9 Å². The maximum Gasteiger partial charge on any atom is 0.269 e. The second-order valence-electron chi connectivity index (χ2n) is 6.79. The van der Waals surface area contributed by atoms with Gasteiger partial charge in [-0.15, -0.1) is 11.3 Å². The van der Waals surface area contributed by atoms with E-state index in [1.807, 2.05) is 16.3 Å². The summed E-state index contributed by atoms with van der Waals surface area (Å²) in [6.45, 7) is 1.56. The van der Waals surface area contributed by atoms with E-state index in [-0.39, 0.29) is 10.6 Å². The van der Waals surface area contributed by atoms with Gasteiger partial charge in [-0.2, -0.15) is 4.31 Å². The number of benzene rings is 2. The molecule has 1 saturated heterocycles. The molecule has 0 spiro atoms. The summed E-state index contributed by atoms with van der Waals surface area (Å²) in [4.78, 5) is 17.0. The second kappa shape index (κ2) is 8.71. The summed E-state index contributed by atoms with van der Waals surface area (Å²) < 4.78 is 27.1. The summed E-state index contributed by atoms with van der Waals surface area (Å²) in [6.07, 6.45) is 0. The predicted molar refractivity (Wildman–Crippen MR) is 122 cm³/mol. The number of sulfonamides is 1. The van der Waals surface area contributed by atoms with Crippen LogP contribution in [0.25, 0.3) is 11.3 Å². The number of hydrogen-bond donors (Lipinski definition) is 0. The van der Waals surface area contributed by atoms with Gasteiger partial charge >= 0.3 is 0 Å². The molecule has 0 bridgehead atoms. The van der Waals surface area contributed by atoms with Crippen LogP contribution < -0.4 is 4.90 Å². The smallest absolute Gasteiger partial charge is 0.269 e. The number of thiazole rings is 1. The van der Waals surface area contributed by atoms with Gasteiger partial charge in [-0.05, 0) is 24.3 Å². The molecule has 0 N–H and O–H groups in total. The minimum atomic E-state index is -3.72. The Morgan fingerprint density at radius 3 is 2.29 bits per heavy atom. The number of piperazine rings is 1. The van der Waals surface area contributed by atoms with Gasteiger partial charge < -0.3 is 4.90 Å². The first kappa shape index (κ1) is 22.0. The molecule has 1 fully saturated rings. The Morgan fingerprint density at radius 1 is 1.00 bits per heavy atom. The summed E-state index contributed by atoms with van der Waals surface area (Å²) in [5, 5.41) is 14.4. The lowest BCUT2D eigenvalue weighted by Crippen LogP contribution is -2.48. The third-order valence-corrected chi connectivity index (χ3v) is 8.46. The lowest BCUT2D eigenvalue weighted by Gasteiger charge is -2.33. The van der Waals surface area contributed by atoms with Gasteiger partial charge in [0.2, 0.25) is 10.0 Å². The van der Waals surface area contributed by atoms with Gasteiger partial charge in [-0.3, -0.25) is 10.1 Å². The number of halogens is 2. The number of hydrogen-bond acceptors (Lipinski definition) is 7. The maximum atomic E-state index is 12.9. The van der Waals surface area contributed by atoms with Crippen molar-refractivity contribution in [3.8, 4) is 11.3 Å². The van der Waals surface area contributed by atoms with Crippen LogP contribution in [0.1, 0.15) is 0 Å². The quantitative estimate of drug-likeness (QED) is 0.378. The van der Waals surface area contributed by atoms with Gasteiger partial charge in [0.1, 0.15) is 0 Å². The standard InChI is InChI=1S/C19H16Cl2N4O4S2/c20-16-6-1-13(11-17(16)21)18-12-30-19(22-18)23-7-9-24(10-8-23)31(28,29)15-4-2-14(3-5-15)25(26)27/h1-6,11-12H,7-10H2. The number of rotatable bonds is 5. The topological polar surface area (TPSA) is 96.6 Å². The number of non-ortho nitro benzene ring substituents is 1. The number of aromatic nitrogens is 1. The Morgan fingerprint density at radius 2 is 1.68 bits per heavy atom. The molecule has 0 atom stereocenters. The highest BCUT2D eigenvalue weighted by Crippen LogP contribution is 2.32. The fourth-order valence-corrected chi connectivity index (χ4v) is 5.81. The number of nitro benzene ring substituents is 1. The van der Waals surface area contributed by atoms with Crippen LogP contribution in [0, 0.1) is 10.1 Å². The first-order valence-corrected chi connectivity index (χ1v) is 12.2. The van der Waals surface area contributed by atoms with Crippen molar-refractivity contribution in [2.45, 2.75) is 4.90 Å². The summed E-state index contributed by atoms with van der Waals surface area (Å²) in [7, 11) is -3.72. The monoisotopic (exact) mass is 498 g/mol. The molecule has 0 unspecified atom stereocenters. The molecule has 1 aromatic heterocycles. The van der Waals surface area contributed by atoms with E-state index < -0.39 is 14.9 Å². The van der Waals surface area contributed by atoms with Gasteiger partial charge in [0, 0.05) is 49.3 Å². The molecule has 1 aliphatic heterocycles. The van der Waals surface area contributed by atoms with Crippen LogP contribution in [0.3, 0.4) is 0 Å². The number of nitro groups is 1. The lowest BCUT2D eigenvalue weighted by atomic mass is 10.2. The predicted octanol–water partition coefficient (Wildman–Crippen LogP) is 4.54. The summed E-state index contributed by atoms with van der Waals surface area (Å²) in [5.41, 5.74) is 1.49. The molecule has 0 aliphatic carbocycles. The number of anilines is 1. The molecule has 8 nitrogen and oxygen atoms in total. The van der Waals surface area contributed by atoms with Crippen molar-refractivity contribution in [3.63, 3.8) is 0 Å². The molecule has 3 aromatic rings. The molecular formula is C19H16Cl2N4O4S2. The van der Waals surface area contributed by atoms with Crippen molar-refractivity contribution in [1.82, 2.24) is 9.29 Å². The van der Waals surface area contributed by atoms with Gasteiger partial charge in [-0.1, -0.05) is 29.3 Å². The first-order chi connectivity index (χ1) is 14.8. The Labute approximate surface area is 192 Å². The molecule has 1 aliphatic rings. The van der Waals surface area contributed by atoms with E-state index in [2.05, 4.69) is 4.98 Å². The van der Waals surface area contributed by atoms with Gasteiger partial charge in [0.15, 0.2) is 5.13 Å². The fraction of sp³-hybridized carbons (Fsp3) is 0.211. The zero-order chi connectivity index (χ0) is 22.2. The zero-order valence-corrected chi connectivity index (χ0v) is 19.1. The van der Waals surface area contributed by atoms with Crippen LogP contribution in [0.4, 0.5) is 10.8 Å². The van der Waals surface area contributed by atoms with E-state index in [4.69, 9.17) is 23.2 Å². The van der Waals surface area contributed by atoms with Crippen LogP contribution >= 0.6 is 34.5 Å². The summed E-state index contributed by atoms with van der Waals surface area (Å²) in [5.74, 6) is 0. The minimum absolute atomic E-state index is 0.0442. The molecule has 162 valence electrons. The van der Waals surface area contributed by atoms with Crippen molar-refractivity contribution in [1.29, 1.82) is 0 Å². The third kappa shape index (κ3) is 4.53. The Hall–Kier alpha value is -2.24.